The van der Waals surface area contributed by atoms with Crippen LogP contribution in [0.25, 0.3) is 0 Å². The molecule has 3 aliphatic rings. The van der Waals surface area contributed by atoms with Crippen molar-refractivity contribution < 1.29 is 47.7 Å². The zero-order valence-electron chi connectivity index (χ0n) is 18.4. The summed E-state index contributed by atoms with van der Waals surface area (Å²) in [6.45, 7) is -0.217. The lowest BCUT2D eigenvalue weighted by atomic mass is 9.88. The number of piperazine rings is 1. The number of hydrogen-bond donors (Lipinski definition) is 5. The van der Waals surface area contributed by atoms with Crippen molar-refractivity contribution in [3.63, 3.8) is 0 Å². The van der Waals surface area contributed by atoms with Crippen LogP contribution in [0.2, 0.25) is 0 Å². The predicted molar refractivity (Wildman–Crippen MR) is 115 cm³/mol. The van der Waals surface area contributed by atoms with E-state index < -0.39 is 54.6 Å². The molecule has 0 bridgehead atoms. The molecule has 0 saturated carbocycles. The highest BCUT2D eigenvalue weighted by molar-refractivity contribution is 7.51. The fourth-order valence-corrected chi connectivity index (χ4v) is 4.88. The maximum Gasteiger partial charge on any atom is 0.327 e. The number of hydrogen-bond acceptors (Lipinski definition) is 7. The number of nitrogens with zero attached hydrogens (tertiary/aromatic N) is 2. The van der Waals surface area contributed by atoms with E-state index in [-0.39, 0.29) is 43.1 Å². The standard InChI is InChI=1S/C21H24F2N3O8P/c22-13-2-1-12(15(23)7-13)8-24-19(29)14-9-26-16(18(28)17(14)27)20(30)25(4-6-35(31,32)33)10-21(26)3-5-34-11-21/h1-2,7,9,17,27-28H,3-6,8,10-11H2,(H,24,29)(H2,31,32,33). The van der Waals surface area contributed by atoms with Gasteiger partial charge in [-0.15, -0.1) is 0 Å². The van der Waals surface area contributed by atoms with Crippen LogP contribution in [0.1, 0.15) is 12.0 Å². The molecule has 3 aliphatic heterocycles. The highest BCUT2D eigenvalue weighted by Crippen LogP contribution is 2.41. The molecule has 2 unspecified atom stereocenters. The number of ether oxygens (including phenoxy) is 1. The Labute approximate surface area is 198 Å². The Morgan fingerprint density at radius 2 is 2.06 bits per heavy atom. The summed E-state index contributed by atoms with van der Waals surface area (Å²) in [5.74, 6) is -4.07. The number of halogens is 2. The van der Waals surface area contributed by atoms with Gasteiger partial charge in [-0.05, 0) is 12.5 Å². The number of nitrogens with one attached hydrogen (secondary N) is 1. The van der Waals surface area contributed by atoms with Gasteiger partial charge in [0.1, 0.15) is 23.4 Å². The first-order chi connectivity index (χ1) is 16.4. The summed E-state index contributed by atoms with van der Waals surface area (Å²) in [6.07, 6.45) is -0.880. The van der Waals surface area contributed by atoms with Gasteiger partial charge < -0.3 is 39.9 Å². The summed E-state index contributed by atoms with van der Waals surface area (Å²) >= 11 is 0. The molecule has 1 aromatic carbocycles. The van der Waals surface area contributed by atoms with Gasteiger partial charge >= 0.3 is 7.60 Å². The predicted octanol–water partition coefficient (Wildman–Crippen LogP) is 0.0900. The van der Waals surface area contributed by atoms with E-state index in [4.69, 9.17) is 4.74 Å². The normalized spacial score (nSPS) is 24.7. The van der Waals surface area contributed by atoms with Crippen LogP contribution in [0.4, 0.5) is 8.78 Å². The average molecular weight is 515 g/mol. The molecule has 2 atom stereocenters. The molecular formula is C21H24F2N3O8P. The van der Waals surface area contributed by atoms with Crippen LogP contribution in [-0.4, -0.2) is 85.7 Å². The van der Waals surface area contributed by atoms with Crippen molar-refractivity contribution in [2.45, 2.75) is 24.6 Å². The van der Waals surface area contributed by atoms with Gasteiger partial charge in [0.15, 0.2) is 5.76 Å². The van der Waals surface area contributed by atoms with Gasteiger partial charge in [0.25, 0.3) is 11.8 Å². The van der Waals surface area contributed by atoms with Crippen molar-refractivity contribution in [2.75, 3.05) is 32.5 Å². The molecule has 2 amide bonds. The van der Waals surface area contributed by atoms with Crippen molar-refractivity contribution in [3.05, 3.63) is 58.6 Å². The minimum Gasteiger partial charge on any atom is -0.507 e. The van der Waals surface area contributed by atoms with Crippen LogP contribution < -0.4 is 5.32 Å². The minimum atomic E-state index is -4.41. The number of aliphatic hydroxyl groups excluding tert-OH is 2. The van der Waals surface area contributed by atoms with Crippen LogP contribution in [0, 0.1) is 11.6 Å². The third kappa shape index (κ3) is 4.95. The molecule has 5 N–H and O–H groups in total. The van der Waals surface area contributed by atoms with Crippen molar-refractivity contribution in [1.82, 2.24) is 15.1 Å². The van der Waals surface area contributed by atoms with E-state index >= 15 is 0 Å². The third-order valence-corrected chi connectivity index (χ3v) is 7.03. The summed E-state index contributed by atoms with van der Waals surface area (Å²) in [5.41, 5.74) is -1.57. The Balaban J connectivity index is 1.60. The van der Waals surface area contributed by atoms with Crippen LogP contribution in [0.5, 0.6) is 0 Å². The molecule has 35 heavy (non-hydrogen) atoms. The summed E-state index contributed by atoms with van der Waals surface area (Å²) < 4.78 is 43.9. The fourth-order valence-electron chi connectivity index (χ4n) is 4.38. The number of benzene rings is 1. The van der Waals surface area contributed by atoms with E-state index in [1.165, 1.54) is 16.0 Å². The van der Waals surface area contributed by atoms with E-state index in [9.17, 15) is 42.9 Å². The Morgan fingerprint density at radius 1 is 1.31 bits per heavy atom. The molecule has 3 heterocycles. The van der Waals surface area contributed by atoms with Gasteiger partial charge in [0, 0.05) is 44.1 Å². The Morgan fingerprint density at radius 3 is 2.69 bits per heavy atom. The van der Waals surface area contributed by atoms with Crippen molar-refractivity contribution in [2.24, 2.45) is 0 Å². The van der Waals surface area contributed by atoms with Gasteiger partial charge in [-0.3, -0.25) is 14.2 Å². The van der Waals surface area contributed by atoms with Crippen LogP contribution >= 0.6 is 7.60 Å². The third-order valence-electron chi connectivity index (χ3n) is 6.25. The number of fused-ring (bicyclic) bond motifs is 2. The van der Waals surface area contributed by atoms with Gasteiger partial charge in [0.2, 0.25) is 0 Å². The molecule has 1 spiro atoms. The largest absolute Gasteiger partial charge is 0.507 e. The quantitative estimate of drug-likeness (QED) is 0.331. The lowest BCUT2D eigenvalue weighted by Crippen LogP contribution is -2.64. The number of carbonyl (C=O) groups excluding carboxylic acids is 2. The van der Waals surface area contributed by atoms with E-state index in [1.54, 1.807) is 0 Å². The Hall–Kier alpha value is -2.83. The molecular weight excluding hydrogens is 491 g/mol. The minimum absolute atomic E-state index is 0.000568. The van der Waals surface area contributed by atoms with Gasteiger partial charge in [0.05, 0.1) is 23.9 Å². The van der Waals surface area contributed by atoms with Crippen molar-refractivity contribution >= 4 is 19.4 Å². The second-order valence-corrected chi connectivity index (χ2v) is 10.4. The van der Waals surface area contributed by atoms with Crippen LogP contribution in [0.15, 0.2) is 41.4 Å². The zero-order chi connectivity index (χ0) is 25.5. The SMILES string of the molecule is O=C(NCc1ccc(F)cc1F)C1=CN2C(=C(O)C1O)C(=O)N(CCP(=O)(O)O)CC21CCOC1. The van der Waals surface area contributed by atoms with E-state index in [0.717, 1.165) is 12.1 Å². The first-order valence-electron chi connectivity index (χ1n) is 10.7. The second-order valence-electron chi connectivity index (χ2n) is 8.65. The second kappa shape index (κ2) is 9.32. The lowest BCUT2D eigenvalue weighted by molar-refractivity contribution is -0.136. The maximum atomic E-state index is 13.9. The maximum absolute atomic E-state index is 13.9. The topological polar surface area (TPSA) is 160 Å². The lowest BCUT2D eigenvalue weighted by Gasteiger charge is -2.50. The summed E-state index contributed by atoms with van der Waals surface area (Å²) in [5, 5.41) is 23.8. The monoisotopic (exact) mass is 515 g/mol. The van der Waals surface area contributed by atoms with Crippen LogP contribution in [-0.2, 0) is 25.4 Å². The van der Waals surface area contributed by atoms with Gasteiger partial charge in [-0.2, -0.15) is 0 Å². The molecule has 4 rings (SSSR count). The van der Waals surface area contributed by atoms with Gasteiger partial charge in [-0.25, -0.2) is 8.78 Å². The zero-order valence-corrected chi connectivity index (χ0v) is 19.3. The molecule has 0 radical (unpaired) electrons. The molecule has 2 fully saturated rings. The van der Waals surface area contributed by atoms with E-state index in [1.807, 2.05) is 0 Å². The number of aliphatic hydroxyl groups is 2. The highest BCUT2D eigenvalue weighted by atomic mass is 31.2. The fraction of sp³-hybridized carbons (Fsp3) is 0.429. The molecule has 1 aromatic rings. The van der Waals surface area contributed by atoms with Gasteiger partial charge in [-0.1, -0.05) is 6.07 Å². The smallest absolute Gasteiger partial charge is 0.327 e. The number of rotatable bonds is 6. The Kier molecular flexibility index (Phi) is 6.73. The number of amides is 2. The highest BCUT2D eigenvalue weighted by Gasteiger charge is 2.53. The van der Waals surface area contributed by atoms with Crippen molar-refractivity contribution in [3.8, 4) is 0 Å². The van der Waals surface area contributed by atoms with E-state index in [0.29, 0.717) is 19.1 Å². The molecule has 2 saturated heterocycles. The first kappa shape index (κ1) is 25.3. The molecule has 0 aromatic heterocycles. The molecule has 14 heteroatoms. The molecule has 11 nitrogen and oxygen atoms in total. The molecule has 190 valence electrons. The summed E-state index contributed by atoms with van der Waals surface area (Å²) in [6, 6.07) is 2.85. The molecule has 0 aliphatic carbocycles. The van der Waals surface area contributed by atoms with Crippen LogP contribution in [0.3, 0.4) is 0 Å². The Bertz CT molecular complexity index is 1160. The summed E-state index contributed by atoms with van der Waals surface area (Å²) in [4.78, 5) is 46.9. The average Bonchev–Trinajstić information content (AvgIpc) is 3.25. The number of carbonyl (C=O) groups is 2. The first-order valence-corrected chi connectivity index (χ1v) is 12.5. The van der Waals surface area contributed by atoms with Crippen molar-refractivity contribution in [1.29, 1.82) is 0 Å². The van der Waals surface area contributed by atoms with E-state index in [2.05, 4.69) is 5.32 Å². The summed E-state index contributed by atoms with van der Waals surface area (Å²) in [7, 11) is -4.41.